The molecule has 13 heavy (non-hydrogen) atoms. The maximum Gasteiger partial charge on any atom is 0.134 e. The minimum Gasteiger partial charge on any atom is -0.314 e. The number of thiol groups is 1. The summed E-state index contributed by atoms with van der Waals surface area (Å²) in [6.07, 6.45) is 7.12. The second-order valence-corrected chi connectivity index (χ2v) is 3.99. The smallest absolute Gasteiger partial charge is 0.134 e. The third kappa shape index (κ3) is 3.25. The van der Waals surface area contributed by atoms with E-state index in [1.165, 1.54) is 0 Å². The summed E-state index contributed by atoms with van der Waals surface area (Å²) >= 11 is 4.66. The van der Waals surface area contributed by atoms with Crippen LogP contribution in [-0.2, 0) is 0 Å². The zero-order valence-electron chi connectivity index (χ0n) is 9.08. The predicted molar refractivity (Wildman–Crippen MR) is 62.7 cm³/mol. The highest BCUT2D eigenvalue weighted by Crippen LogP contribution is 2.20. The highest BCUT2D eigenvalue weighted by molar-refractivity contribution is 7.80. The van der Waals surface area contributed by atoms with E-state index in [9.17, 15) is 0 Å². The molecular weight excluding hydrogens is 178 g/mol. The van der Waals surface area contributed by atoms with Gasteiger partial charge in [0.25, 0.3) is 0 Å². The summed E-state index contributed by atoms with van der Waals surface area (Å²) in [6, 6.07) is 0. The highest BCUT2D eigenvalue weighted by Gasteiger charge is 2.28. The van der Waals surface area contributed by atoms with Crippen LogP contribution in [0.2, 0.25) is 0 Å². The van der Waals surface area contributed by atoms with Crippen molar-refractivity contribution < 1.29 is 4.48 Å². The van der Waals surface area contributed by atoms with Gasteiger partial charge in [-0.2, -0.15) is 0 Å². The van der Waals surface area contributed by atoms with E-state index < -0.39 is 0 Å². The van der Waals surface area contributed by atoms with Gasteiger partial charge in [0.2, 0.25) is 0 Å². The zero-order chi connectivity index (χ0) is 10.3. The molecule has 1 unspecified atom stereocenters. The Bertz CT molecular complexity index is 159. The van der Waals surface area contributed by atoms with Crippen LogP contribution in [-0.4, -0.2) is 29.5 Å². The van der Waals surface area contributed by atoms with Gasteiger partial charge in [-0.05, 0) is 20.8 Å². The number of rotatable bonds is 6. The molecule has 0 bridgehead atoms. The first-order valence-corrected chi connectivity index (χ1v) is 5.65. The van der Waals surface area contributed by atoms with Gasteiger partial charge in [0, 0.05) is 12.8 Å². The van der Waals surface area contributed by atoms with E-state index in [1.54, 1.807) is 0 Å². The van der Waals surface area contributed by atoms with Crippen molar-refractivity contribution in [1.29, 1.82) is 0 Å². The fourth-order valence-corrected chi connectivity index (χ4v) is 2.41. The van der Waals surface area contributed by atoms with Crippen LogP contribution in [0.15, 0.2) is 0 Å². The molecule has 2 heteroatoms. The van der Waals surface area contributed by atoms with Crippen LogP contribution in [0.3, 0.4) is 0 Å². The normalized spacial score (nSPS) is 13.8. The average molecular weight is 200 g/mol. The molecule has 0 amide bonds. The average Bonchev–Trinajstić information content (AvgIpc) is 2.18. The van der Waals surface area contributed by atoms with Crippen molar-refractivity contribution in [2.75, 3.05) is 19.6 Å². The van der Waals surface area contributed by atoms with E-state index in [2.05, 4.69) is 39.3 Å². The molecule has 0 spiro atoms. The first-order chi connectivity index (χ1) is 6.16. The lowest BCUT2D eigenvalue weighted by Crippen LogP contribution is -2.52. The molecule has 0 aromatic rings. The van der Waals surface area contributed by atoms with Crippen molar-refractivity contribution in [1.82, 2.24) is 0 Å². The molecule has 0 aliphatic rings. The van der Waals surface area contributed by atoms with E-state index >= 15 is 0 Å². The lowest BCUT2D eigenvalue weighted by atomic mass is 10.2. The molecule has 0 rings (SSSR count). The number of hydrogen-bond acceptors (Lipinski definition) is 1. The molecule has 0 radical (unpaired) electrons. The van der Waals surface area contributed by atoms with Gasteiger partial charge in [0.1, 0.15) is 5.37 Å². The molecular formula is C11H22NS+. The van der Waals surface area contributed by atoms with Crippen molar-refractivity contribution >= 4 is 12.6 Å². The lowest BCUT2D eigenvalue weighted by molar-refractivity contribution is -0.932. The van der Waals surface area contributed by atoms with Crippen molar-refractivity contribution in [3.63, 3.8) is 0 Å². The monoisotopic (exact) mass is 200 g/mol. The van der Waals surface area contributed by atoms with E-state index in [-0.39, 0.29) is 0 Å². The van der Waals surface area contributed by atoms with Crippen LogP contribution in [0.25, 0.3) is 0 Å². The molecule has 1 atom stereocenters. The van der Waals surface area contributed by atoms with E-state index in [0.717, 1.165) is 37.0 Å². The Morgan fingerprint density at radius 2 is 1.69 bits per heavy atom. The van der Waals surface area contributed by atoms with Gasteiger partial charge >= 0.3 is 0 Å². The molecule has 0 saturated heterocycles. The first-order valence-electron chi connectivity index (χ1n) is 5.14. The van der Waals surface area contributed by atoms with Crippen LogP contribution in [0, 0.1) is 12.3 Å². The Kier molecular flexibility index (Phi) is 6.28. The van der Waals surface area contributed by atoms with Gasteiger partial charge in [-0.15, -0.1) is 25.0 Å². The Morgan fingerprint density at radius 1 is 1.23 bits per heavy atom. The van der Waals surface area contributed by atoms with Gasteiger partial charge < -0.3 is 4.48 Å². The Labute approximate surface area is 88.5 Å². The zero-order valence-corrected chi connectivity index (χ0v) is 9.98. The second kappa shape index (κ2) is 6.34. The molecule has 0 fully saturated rings. The van der Waals surface area contributed by atoms with Gasteiger partial charge in [-0.1, -0.05) is 0 Å². The minimum absolute atomic E-state index is 0.399. The van der Waals surface area contributed by atoms with Crippen molar-refractivity contribution in [2.24, 2.45) is 0 Å². The van der Waals surface area contributed by atoms with Crippen molar-refractivity contribution in [2.45, 2.75) is 39.0 Å². The third-order valence-electron chi connectivity index (χ3n) is 3.07. The van der Waals surface area contributed by atoms with Gasteiger partial charge in [-0.25, -0.2) is 0 Å². The topological polar surface area (TPSA) is 0 Å². The lowest BCUT2D eigenvalue weighted by Gasteiger charge is -2.40. The van der Waals surface area contributed by atoms with Crippen LogP contribution in [0.4, 0.5) is 0 Å². The summed E-state index contributed by atoms with van der Waals surface area (Å²) in [7, 11) is 0. The van der Waals surface area contributed by atoms with E-state index in [1.807, 2.05) is 0 Å². The largest absolute Gasteiger partial charge is 0.314 e. The second-order valence-electron chi connectivity index (χ2n) is 3.39. The minimum atomic E-state index is 0.399. The fourth-order valence-electron chi connectivity index (χ4n) is 1.79. The van der Waals surface area contributed by atoms with Gasteiger partial charge in [0.05, 0.1) is 19.6 Å². The summed E-state index contributed by atoms with van der Waals surface area (Å²) in [5, 5.41) is 0.399. The molecule has 0 aromatic heterocycles. The maximum absolute atomic E-state index is 5.25. The summed E-state index contributed by atoms with van der Waals surface area (Å²) in [4.78, 5) is 0. The number of quaternary nitrogens is 1. The van der Waals surface area contributed by atoms with Gasteiger partial charge in [-0.3, -0.25) is 0 Å². The third-order valence-corrected chi connectivity index (χ3v) is 3.82. The molecule has 0 aliphatic heterocycles. The van der Waals surface area contributed by atoms with E-state index in [4.69, 9.17) is 6.42 Å². The molecule has 1 nitrogen and oxygen atoms in total. The van der Waals surface area contributed by atoms with Gasteiger partial charge in [0.15, 0.2) is 0 Å². The van der Waals surface area contributed by atoms with Crippen LogP contribution in [0.5, 0.6) is 0 Å². The molecule has 0 N–H and O–H groups in total. The Hall–Kier alpha value is -0.130. The van der Waals surface area contributed by atoms with Crippen molar-refractivity contribution in [3.8, 4) is 12.3 Å². The quantitative estimate of drug-likeness (QED) is 0.290. The Balaban J connectivity index is 4.27. The standard InChI is InChI=1S/C11H21NS/c1-5-9-10-11(13)12(6-2,7-3)8-4/h1,11H,6-10H2,2-4H3/p+1. The highest BCUT2D eigenvalue weighted by atomic mass is 32.1. The van der Waals surface area contributed by atoms with Crippen LogP contribution in [0.1, 0.15) is 33.6 Å². The fraction of sp³-hybridized carbons (Fsp3) is 0.818. The summed E-state index contributed by atoms with van der Waals surface area (Å²) in [6.45, 7) is 10.1. The summed E-state index contributed by atoms with van der Waals surface area (Å²) in [5.74, 6) is 2.68. The number of hydrogen-bond donors (Lipinski definition) is 1. The number of nitrogens with zero attached hydrogens (tertiary/aromatic N) is 1. The van der Waals surface area contributed by atoms with Crippen molar-refractivity contribution in [3.05, 3.63) is 0 Å². The molecule has 0 saturated carbocycles. The molecule has 0 heterocycles. The Morgan fingerprint density at radius 3 is 2.00 bits per heavy atom. The van der Waals surface area contributed by atoms with Crippen LogP contribution >= 0.6 is 12.6 Å². The first kappa shape index (κ1) is 12.9. The summed E-state index contributed by atoms with van der Waals surface area (Å²) in [5.41, 5.74) is 0. The van der Waals surface area contributed by atoms with E-state index in [0.29, 0.717) is 5.37 Å². The molecule has 0 aromatic carbocycles. The number of terminal acetylenes is 1. The summed E-state index contributed by atoms with van der Waals surface area (Å²) < 4.78 is 1.07. The maximum atomic E-state index is 5.25. The predicted octanol–water partition coefficient (Wildman–Crippen LogP) is 2.53. The van der Waals surface area contributed by atoms with Crippen LogP contribution < -0.4 is 0 Å². The SMILES string of the molecule is C#CCCC(S)[N+](CC)(CC)CC. The molecule has 0 aliphatic carbocycles. The molecule has 76 valence electrons.